The van der Waals surface area contributed by atoms with Crippen molar-refractivity contribution in [3.8, 4) is 6.07 Å². The largest absolute Gasteiger partial charge is 0.381 e. The van der Waals surface area contributed by atoms with E-state index >= 15 is 0 Å². The van der Waals surface area contributed by atoms with Gasteiger partial charge in [-0.2, -0.15) is 5.26 Å². The number of unbranched alkanes of at least 4 members (excludes halogenated alkanes) is 1. The monoisotopic (exact) mass is 253 g/mol. The molecule has 2 saturated heterocycles. The minimum absolute atomic E-state index is 0.0182. The Bertz CT molecular complexity index is 262. The van der Waals surface area contributed by atoms with Gasteiger partial charge in [-0.3, -0.25) is 0 Å². The second-order valence-corrected chi connectivity index (χ2v) is 6.84. The summed E-state index contributed by atoms with van der Waals surface area (Å²) in [5, 5.41) is 9.28. The maximum absolute atomic E-state index is 9.28. The van der Waals surface area contributed by atoms with Gasteiger partial charge in [-0.15, -0.1) is 11.8 Å². The van der Waals surface area contributed by atoms with Gasteiger partial charge < -0.3 is 4.74 Å². The van der Waals surface area contributed by atoms with Crippen molar-refractivity contribution in [1.29, 1.82) is 5.26 Å². The lowest BCUT2D eigenvalue weighted by Crippen LogP contribution is -2.18. The van der Waals surface area contributed by atoms with Gasteiger partial charge >= 0.3 is 0 Å². The number of thioether (sulfide) groups is 1. The highest BCUT2D eigenvalue weighted by molar-refractivity contribution is 8.01. The molecule has 2 aliphatic rings. The summed E-state index contributed by atoms with van der Waals surface area (Å²) >= 11 is 1.89. The molecule has 96 valence electrons. The van der Waals surface area contributed by atoms with Crippen LogP contribution in [0.1, 0.15) is 51.4 Å². The zero-order chi connectivity index (χ0) is 12.0. The molecule has 0 N–H and O–H groups in total. The SMILES string of the molecule is N#CC1(CCCCC2CCOCC2)CCCS1. The standard InChI is InChI=1S/C14H23NOS/c15-12-14(8-3-11-17-14)7-2-1-4-13-5-9-16-10-6-13/h13H,1-11H2. The highest BCUT2D eigenvalue weighted by atomic mass is 32.2. The Morgan fingerprint density at radius 3 is 2.76 bits per heavy atom. The average molecular weight is 253 g/mol. The van der Waals surface area contributed by atoms with Crippen LogP contribution >= 0.6 is 11.8 Å². The normalized spacial score (nSPS) is 30.3. The van der Waals surface area contributed by atoms with Gasteiger partial charge in [-0.05, 0) is 43.8 Å². The van der Waals surface area contributed by atoms with E-state index in [1.807, 2.05) is 11.8 Å². The summed E-state index contributed by atoms with van der Waals surface area (Å²) in [6.45, 7) is 1.92. The summed E-state index contributed by atoms with van der Waals surface area (Å²) in [6.07, 6.45) is 9.83. The number of ether oxygens (including phenoxy) is 1. The van der Waals surface area contributed by atoms with Crippen LogP contribution in [0.4, 0.5) is 0 Å². The Labute approximate surface area is 109 Å². The van der Waals surface area contributed by atoms with Crippen molar-refractivity contribution in [3.63, 3.8) is 0 Å². The van der Waals surface area contributed by atoms with Gasteiger partial charge in [0.2, 0.25) is 0 Å². The summed E-state index contributed by atoms with van der Waals surface area (Å²) in [7, 11) is 0. The number of rotatable bonds is 5. The zero-order valence-corrected chi connectivity index (χ0v) is 11.4. The van der Waals surface area contributed by atoms with Crippen LogP contribution in [-0.4, -0.2) is 23.7 Å². The van der Waals surface area contributed by atoms with Crippen LogP contribution in [0.5, 0.6) is 0 Å². The maximum atomic E-state index is 9.28. The van der Waals surface area contributed by atoms with Crippen LogP contribution in [-0.2, 0) is 4.74 Å². The molecular weight excluding hydrogens is 230 g/mol. The van der Waals surface area contributed by atoms with Gasteiger partial charge in [0.15, 0.2) is 0 Å². The smallest absolute Gasteiger partial charge is 0.102 e. The Balaban J connectivity index is 1.60. The van der Waals surface area contributed by atoms with Gasteiger partial charge in [0.25, 0.3) is 0 Å². The van der Waals surface area contributed by atoms with E-state index in [1.54, 1.807) is 0 Å². The Kier molecular flexibility index (Phi) is 5.18. The van der Waals surface area contributed by atoms with E-state index in [-0.39, 0.29) is 4.75 Å². The minimum atomic E-state index is -0.0182. The molecule has 2 fully saturated rings. The molecule has 0 bridgehead atoms. The zero-order valence-electron chi connectivity index (χ0n) is 10.6. The summed E-state index contributed by atoms with van der Waals surface area (Å²) in [6, 6.07) is 2.56. The quantitative estimate of drug-likeness (QED) is 0.699. The van der Waals surface area contributed by atoms with E-state index in [1.165, 1.54) is 44.3 Å². The number of nitrogens with zero attached hydrogens (tertiary/aromatic N) is 1. The van der Waals surface area contributed by atoms with E-state index in [2.05, 4.69) is 6.07 Å². The summed E-state index contributed by atoms with van der Waals surface area (Å²) < 4.78 is 5.36. The van der Waals surface area contributed by atoms with Gasteiger partial charge in [-0.1, -0.05) is 19.3 Å². The predicted octanol–water partition coefficient (Wildman–Crippen LogP) is 3.76. The van der Waals surface area contributed by atoms with Crippen LogP contribution < -0.4 is 0 Å². The first-order valence-corrected chi connectivity index (χ1v) is 7.96. The third-order valence-electron chi connectivity index (χ3n) is 4.09. The molecule has 0 aliphatic carbocycles. The fourth-order valence-corrected chi connectivity index (χ4v) is 4.24. The van der Waals surface area contributed by atoms with E-state index < -0.39 is 0 Å². The van der Waals surface area contributed by atoms with Crippen LogP contribution in [0, 0.1) is 17.2 Å². The molecule has 0 radical (unpaired) electrons. The molecule has 1 atom stereocenters. The lowest BCUT2D eigenvalue weighted by molar-refractivity contribution is 0.0631. The molecule has 2 heterocycles. The second-order valence-electron chi connectivity index (χ2n) is 5.36. The van der Waals surface area contributed by atoms with Crippen LogP contribution in [0.2, 0.25) is 0 Å². The number of nitriles is 1. The molecule has 0 aromatic rings. The highest BCUT2D eigenvalue weighted by Crippen LogP contribution is 2.41. The first kappa shape index (κ1) is 13.2. The Morgan fingerprint density at radius 1 is 1.29 bits per heavy atom. The molecule has 2 rings (SSSR count). The van der Waals surface area contributed by atoms with Crippen molar-refractivity contribution < 1.29 is 4.74 Å². The van der Waals surface area contributed by atoms with Gasteiger partial charge in [0, 0.05) is 13.2 Å². The van der Waals surface area contributed by atoms with Crippen LogP contribution in [0.3, 0.4) is 0 Å². The summed E-state index contributed by atoms with van der Waals surface area (Å²) in [4.78, 5) is 0. The molecule has 2 nitrogen and oxygen atoms in total. The molecule has 0 aromatic heterocycles. The minimum Gasteiger partial charge on any atom is -0.381 e. The third kappa shape index (κ3) is 3.89. The summed E-state index contributed by atoms with van der Waals surface area (Å²) in [5.74, 6) is 2.08. The van der Waals surface area contributed by atoms with Crippen molar-refractivity contribution in [3.05, 3.63) is 0 Å². The lowest BCUT2D eigenvalue weighted by Gasteiger charge is -2.23. The molecule has 0 amide bonds. The van der Waals surface area contributed by atoms with Crippen molar-refractivity contribution in [2.24, 2.45) is 5.92 Å². The van der Waals surface area contributed by atoms with Gasteiger partial charge in [0.1, 0.15) is 4.75 Å². The van der Waals surface area contributed by atoms with E-state index in [4.69, 9.17) is 4.74 Å². The Hall–Kier alpha value is -0.200. The maximum Gasteiger partial charge on any atom is 0.102 e. The Morgan fingerprint density at radius 2 is 2.12 bits per heavy atom. The van der Waals surface area contributed by atoms with E-state index in [0.717, 1.165) is 32.0 Å². The molecule has 2 aliphatic heterocycles. The van der Waals surface area contributed by atoms with Crippen molar-refractivity contribution >= 4 is 11.8 Å². The van der Waals surface area contributed by atoms with E-state index in [0.29, 0.717) is 0 Å². The molecule has 17 heavy (non-hydrogen) atoms. The molecule has 3 heteroatoms. The predicted molar refractivity (Wildman–Crippen MR) is 72.0 cm³/mol. The van der Waals surface area contributed by atoms with Crippen molar-refractivity contribution in [2.45, 2.75) is 56.1 Å². The van der Waals surface area contributed by atoms with Crippen molar-refractivity contribution in [1.82, 2.24) is 0 Å². The van der Waals surface area contributed by atoms with E-state index in [9.17, 15) is 5.26 Å². The average Bonchev–Trinajstić information content (AvgIpc) is 2.85. The second kappa shape index (κ2) is 6.66. The van der Waals surface area contributed by atoms with Gasteiger partial charge in [-0.25, -0.2) is 0 Å². The third-order valence-corrected chi connectivity index (χ3v) is 5.64. The summed E-state index contributed by atoms with van der Waals surface area (Å²) in [5.41, 5.74) is 0. The van der Waals surface area contributed by atoms with Gasteiger partial charge in [0.05, 0.1) is 6.07 Å². The van der Waals surface area contributed by atoms with Crippen LogP contribution in [0.25, 0.3) is 0 Å². The number of hydrogen-bond donors (Lipinski definition) is 0. The first-order valence-electron chi connectivity index (χ1n) is 6.98. The lowest BCUT2D eigenvalue weighted by atomic mass is 9.91. The molecule has 1 unspecified atom stereocenters. The molecule has 0 spiro atoms. The van der Waals surface area contributed by atoms with Crippen LogP contribution in [0.15, 0.2) is 0 Å². The molecule has 0 saturated carbocycles. The highest BCUT2D eigenvalue weighted by Gasteiger charge is 2.33. The topological polar surface area (TPSA) is 33.0 Å². The van der Waals surface area contributed by atoms with Crippen molar-refractivity contribution in [2.75, 3.05) is 19.0 Å². The fourth-order valence-electron chi connectivity index (χ4n) is 2.92. The molecular formula is C14H23NOS. The first-order chi connectivity index (χ1) is 8.35. The number of hydrogen-bond acceptors (Lipinski definition) is 3. The fraction of sp³-hybridized carbons (Fsp3) is 0.929. The molecule has 0 aromatic carbocycles.